The molecule has 2 amide bonds. The molecule has 1 unspecified atom stereocenters. The molecule has 0 bridgehead atoms. The van der Waals surface area contributed by atoms with Crippen molar-refractivity contribution in [2.75, 3.05) is 19.0 Å². The monoisotopic (exact) mass is 742 g/mol. The summed E-state index contributed by atoms with van der Waals surface area (Å²) >= 11 is 6.16. The van der Waals surface area contributed by atoms with Gasteiger partial charge in [0.25, 0.3) is 5.56 Å². The zero-order valence-electron chi connectivity index (χ0n) is 29.8. The Labute approximate surface area is 311 Å². The third-order valence-electron chi connectivity index (χ3n) is 7.65. The minimum atomic E-state index is -1.36. The largest absolute Gasteiger partial charge is 0.495 e. The van der Waals surface area contributed by atoms with Gasteiger partial charge in [-0.2, -0.15) is 5.26 Å². The van der Waals surface area contributed by atoms with Gasteiger partial charge >= 0.3 is 18.0 Å². The lowest BCUT2D eigenvalue weighted by Gasteiger charge is -2.23. The average Bonchev–Trinajstić information content (AvgIpc) is 3.12. The second kappa shape index (κ2) is 17.9. The molecule has 2 N–H and O–H groups in total. The van der Waals surface area contributed by atoms with Crippen LogP contribution in [0.5, 0.6) is 5.75 Å². The predicted octanol–water partition coefficient (Wildman–Crippen LogP) is 6.43. The van der Waals surface area contributed by atoms with Crippen LogP contribution in [0, 0.1) is 11.3 Å². The number of hydrogen-bond donors (Lipinski definition) is 2. The first kappa shape index (κ1) is 39.7. The van der Waals surface area contributed by atoms with Gasteiger partial charge in [-0.25, -0.2) is 14.4 Å². The van der Waals surface area contributed by atoms with E-state index in [2.05, 4.69) is 16.7 Å². The van der Waals surface area contributed by atoms with Crippen LogP contribution in [0.3, 0.4) is 0 Å². The lowest BCUT2D eigenvalue weighted by molar-refractivity contribution is -0.148. The summed E-state index contributed by atoms with van der Waals surface area (Å²) in [5.41, 5.74) is 0.846. The molecule has 3 aromatic carbocycles. The Balaban J connectivity index is 1.44. The normalized spacial score (nSPS) is 12.0. The molecule has 0 fully saturated rings. The van der Waals surface area contributed by atoms with Crippen LogP contribution in [-0.2, 0) is 30.4 Å². The summed E-state index contributed by atoms with van der Waals surface area (Å²) in [6.45, 7) is 6.11. The van der Waals surface area contributed by atoms with Gasteiger partial charge in [0.15, 0.2) is 6.04 Å². The van der Waals surface area contributed by atoms with Gasteiger partial charge in [-0.15, -0.1) is 0 Å². The van der Waals surface area contributed by atoms with Crippen LogP contribution in [-0.4, -0.2) is 53.9 Å². The number of nitrogens with zero attached hydrogens (tertiary/aromatic N) is 2. The molecule has 0 saturated heterocycles. The van der Waals surface area contributed by atoms with Crippen molar-refractivity contribution in [2.45, 2.75) is 58.4 Å². The third-order valence-corrected chi connectivity index (χ3v) is 7.89. The third kappa shape index (κ3) is 10.9. The maximum atomic E-state index is 13.4. The Morgan fingerprint density at radius 3 is 2.26 bits per heavy atom. The van der Waals surface area contributed by atoms with E-state index in [1.54, 1.807) is 70.2 Å². The smallest absolute Gasteiger partial charge is 0.408 e. The first-order valence-corrected chi connectivity index (χ1v) is 16.9. The van der Waals surface area contributed by atoms with Crippen LogP contribution in [0.2, 0.25) is 5.02 Å². The lowest BCUT2D eigenvalue weighted by Crippen LogP contribution is -2.47. The number of rotatable bonds is 13. The standard InChI is InChI=1S/C39H39ClN4O9/c1-6-32(44-21-33(50-5)30(19-34(44)45)29-18-27(40)15-12-26(29)20-41)35(46)42-28-16-13-25(14-17-28)36(47)52-23-31(43-38(49)53-39(2,3)4)37(48)51-22-24-10-8-7-9-11-24/h7-19,21,31-32H,6,22-23H2,1-5H3,(H,42,46)(H,43,49)/t31-,32?/m0/s1. The summed E-state index contributed by atoms with van der Waals surface area (Å²) in [7, 11) is 1.41. The molecular weight excluding hydrogens is 704 g/mol. The molecule has 0 radical (unpaired) electrons. The van der Waals surface area contributed by atoms with Gasteiger partial charge in [0.2, 0.25) is 5.91 Å². The molecule has 4 aromatic rings. The number of hydrogen-bond acceptors (Lipinski definition) is 10. The highest BCUT2D eigenvalue weighted by molar-refractivity contribution is 6.31. The van der Waals surface area contributed by atoms with E-state index < -0.39 is 53.8 Å². The number of benzene rings is 3. The molecular formula is C39H39ClN4O9. The molecule has 0 aliphatic carbocycles. The first-order chi connectivity index (χ1) is 25.2. The molecule has 0 aliphatic heterocycles. The van der Waals surface area contributed by atoms with Crippen molar-refractivity contribution in [3.05, 3.63) is 117 Å². The van der Waals surface area contributed by atoms with E-state index in [9.17, 15) is 29.2 Å². The fourth-order valence-electron chi connectivity index (χ4n) is 5.10. The second-order valence-electron chi connectivity index (χ2n) is 12.7. The van der Waals surface area contributed by atoms with Crippen molar-refractivity contribution in [1.29, 1.82) is 5.26 Å². The van der Waals surface area contributed by atoms with E-state index in [4.69, 9.17) is 30.5 Å². The number of nitriles is 1. The van der Waals surface area contributed by atoms with Gasteiger partial charge < -0.3 is 29.6 Å². The number of esters is 2. The van der Waals surface area contributed by atoms with Gasteiger partial charge in [-0.05, 0) is 75.2 Å². The summed E-state index contributed by atoms with van der Waals surface area (Å²) in [6.07, 6.45) is 0.757. The fourth-order valence-corrected chi connectivity index (χ4v) is 5.27. The summed E-state index contributed by atoms with van der Waals surface area (Å²) in [5.74, 6) is -1.89. The number of pyridine rings is 1. The Morgan fingerprint density at radius 1 is 0.943 bits per heavy atom. The molecule has 0 saturated carbocycles. The summed E-state index contributed by atoms with van der Waals surface area (Å²) < 4.78 is 22.7. The summed E-state index contributed by atoms with van der Waals surface area (Å²) in [4.78, 5) is 65.0. The van der Waals surface area contributed by atoms with Crippen molar-refractivity contribution >= 4 is 41.2 Å². The zero-order chi connectivity index (χ0) is 38.7. The average molecular weight is 743 g/mol. The Bertz CT molecular complexity index is 2050. The van der Waals surface area contributed by atoms with E-state index in [-0.39, 0.29) is 24.3 Å². The Hall–Kier alpha value is -6.13. The Morgan fingerprint density at radius 2 is 1.64 bits per heavy atom. The number of anilines is 1. The van der Waals surface area contributed by atoms with E-state index in [1.807, 2.05) is 6.07 Å². The van der Waals surface area contributed by atoms with Crippen LogP contribution < -0.4 is 20.9 Å². The predicted molar refractivity (Wildman–Crippen MR) is 196 cm³/mol. The van der Waals surface area contributed by atoms with Crippen molar-refractivity contribution in [1.82, 2.24) is 9.88 Å². The highest BCUT2D eigenvalue weighted by Gasteiger charge is 2.28. The zero-order valence-corrected chi connectivity index (χ0v) is 30.6. The highest BCUT2D eigenvalue weighted by Crippen LogP contribution is 2.33. The highest BCUT2D eigenvalue weighted by atomic mass is 35.5. The van der Waals surface area contributed by atoms with E-state index in [0.717, 1.165) is 5.56 Å². The van der Waals surface area contributed by atoms with E-state index >= 15 is 0 Å². The molecule has 2 atom stereocenters. The molecule has 276 valence electrons. The number of carbonyl (C=O) groups excluding carboxylic acids is 4. The number of alkyl carbamates (subject to hydrolysis) is 1. The van der Waals surface area contributed by atoms with Gasteiger partial charge in [0, 0.05) is 27.9 Å². The number of methoxy groups -OCH3 is 1. The molecule has 14 heteroatoms. The number of ether oxygens (including phenoxy) is 4. The number of nitrogens with one attached hydrogen (secondary N) is 2. The Kier molecular flexibility index (Phi) is 13.4. The second-order valence-corrected chi connectivity index (χ2v) is 13.1. The SMILES string of the molecule is CCC(C(=O)Nc1ccc(C(=O)OC[C@H](NC(=O)OC(C)(C)C)C(=O)OCc2ccccc2)cc1)n1cc(OC)c(-c2cc(Cl)ccc2C#N)cc1=O. The van der Waals surface area contributed by atoms with E-state index in [1.165, 1.54) is 48.2 Å². The van der Waals surface area contributed by atoms with Crippen LogP contribution >= 0.6 is 11.6 Å². The minimum absolute atomic E-state index is 0.0636. The van der Waals surface area contributed by atoms with Crippen LogP contribution in [0.1, 0.15) is 61.6 Å². The van der Waals surface area contributed by atoms with Crippen LogP contribution in [0.25, 0.3) is 11.1 Å². The van der Waals surface area contributed by atoms with Crippen molar-refractivity contribution in [3.63, 3.8) is 0 Å². The summed E-state index contributed by atoms with van der Waals surface area (Å²) in [5, 5.41) is 15.1. The molecule has 4 rings (SSSR count). The van der Waals surface area contributed by atoms with E-state index in [0.29, 0.717) is 27.4 Å². The number of amides is 2. The van der Waals surface area contributed by atoms with Crippen LogP contribution in [0.4, 0.5) is 10.5 Å². The first-order valence-electron chi connectivity index (χ1n) is 16.5. The van der Waals surface area contributed by atoms with Gasteiger partial charge in [0.1, 0.15) is 30.6 Å². The maximum Gasteiger partial charge on any atom is 0.408 e. The minimum Gasteiger partial charge on any atom is -0.495 e. The van der Waals surface area contributed by atoms with Crippen molar-refractivity contribution < 1.29 is 38.1 Å². The fraction of sp³-hybridized carbons (Fsp3) is 0.282. The summed E-state index contributed by atoms with van der Waals surface area (Å²) in [6, 6.07) is 20.4. The van der Waals surface area contributed by atoms with Gasteiger partial charge in [-0.1, -0.05) is 48.9 Å². The quantitative estimate of drug-likeness (QED) is 0.115. The lowest BCUT2D eigenvalue weighted by atomic mass is 10.00. The van der Waals surface area contributed by atoms with Crippen LogP contribution in [0.15, 0.2) is 89.9 Å². The molecule has 0 aliphatic rings. The van der Waals surface area contributed by atoms with Gasteiger partial charge in [0.05, 0.1) is 30.5 Å². The molecule has 0 spiro atoms. The maximum absolute atomic E-state index is 13.4. The topological polar surface area (TPSA) is 175 Å². The number of carbonyl (C=O) groups is 4. The molecule has 1 heterocycles. The number of halogens is 1. The van der Waals surface area contributed by atoms with Crippen molar-refractivity contribution in [3.8, 4) is 22.9 Å². The molecule has 13 nitrogen and oxygen atoms in total. The number of aromatic nitrogens is 1. The molecule has 53 heavy (non-hydrogen) atoms. The van der Waals surface area contributed by atoms with Gasteiger partial charge in [-0.3, -0.25) is 14.2 Å². The molecule has 1 aromatic heterocycles. The van der Waals surface area contributed by atoms with Crippen molar-refractivity contribution in [2.24, 2.45) is 0 Å².